The summed E-state index contributed by atoms with van der Waals surface area (Å²) in [7, 11) is 0. The molecule has 5 nitrogen and oxygen atoms in total. The lowest BCUT2D eigenvalue weighted by atomic mass is 10.2. The second-order valence-corrected chi connectivity index (χ2v) is 4.63. The quantitative estimate of drug-likeness (QED) is 0.874. The number of nitrogens with one attached hydrogen (secondary N) is 2. The molecule has 0 aliphatic carbocycles. The molecule has 2 aromatic rings. The normalized spacial score (nSPS) is 14.8. The molecule has 1 aromatic carbocycles. The fourth-order valence-corrected chi connectivity index (χ4v) is 1.74. The van der Waals surface area contributed by atoms with Crippen LogP contribution in [0.2, 0.25) is 0 Å². The highest BCUT2D eigenvalue weighted by Gasteiger charge is 2.17. The van der Waals surface area contributed by atoms with Gasteiger partial charge in [-0.1, -0.05) is 0 Å². The van der Waals surface area contributed by atoms with Gasteiger partial charge < -0.3 is 15.4 Å². The van der Waals surface area contributed by atoms with E-state index in [2.05, 4.69) is 20.6 Å². The van der Waals surface area contributed by atoms with Crippen LogP contribution in [0.5, 0.6) is 5.75 Å². The largest absolute Gasteiger partial charge is 0.488 e. The lowest BCUT2D eigenvalue weighted by Gasteiger charge is -2.27. The number of hydrogen-bond donors (Lipinski definition) is 2. The number of benzene rings is 1. The van der Waals surface area contributed by atoms with Crippen molar-refractivity contribution in [3.05, 3.63) is 42.2 Å². The minimum absolute atomic E-state index is 0.305. The van der Waals surface area contributed by atoms with Gasteiger partial charge in [0.2, 0.25) is 5.95 Å². The molecule has 3 rings (SSSR count). The van der Waals surface area contributed by atoms with Crippen molar-refractivity contribution in [1.29, 1.82) is 0 Å². The zero-order chi connectivity index (χ0) is 13.1. The minimum Gasteiger partial charge on any atom is -0.488 e. The summed E-state index contributed by atoms with van der Waals surface area (Å²) < 4.78 is 5.75. The highest BCUT2D eigenvalue weighted by molar-refractivity contribution is 5.54. The Morgan fingerprint density at radius 1 is 1.16 bits per heavy atom. The SMILES string of the molecule is Cc1cnc(Nc2ccc(OC3CNC3)cc2)nc1. The Morgan fingerprint density at radius 3 is 2.42 bits per heavy atom. The summed E-state index contributed by atoms with van der Waals surface area (Å²) in [6.07, 6.45) is 3.88. The Hall–Kier alpha value is -2.14. The zero-order valence-corrected chi connectivity index (χ0v) is 10.8. The van der Waals surface area contributed by atoms with Crippen LogP contribution in [0.4, 0.5) is 11.6 Å². The predicted molar refractivity (Wildman–Crippen MR) is 73.8 cm³/mol. The fourth-order valence-electron chi connectivity index (χ4n) is 1.74. The van der Waals surface area contributed by atoms with Gasteiger partial charge in [0.25, 0.3) is 0 Å². The Balaban J connectivity index is 1.63. The van der Waals surface area contributed by atoms with Gasteiger partial charge in [0, 0.05) is 31.2 Å². The summed E-state index contributed by atoms with van der Waals surface area (Å²) in [6.45, 7) is 3.82. The number of aromatic nitrogens is 2. The zero-order valence-electron chi connectivity index (χ0n) is 10.8. The van der Waals surface area contributed by atoms with Gasteiger partial charge in [0.05, 0.1) is 0 Å². The molecule has 1 fully saturated rings. The van der Waals surface area contributed by atoms with Crippen LogP contribution in [-0.2, 0) is 0 Å². The van der Waals surface area contributed by atoms with Crippen molar-refractivity contribution in [2.45, 2.75) is 13.0 Å². The topological polar surface area (TPSA) is 59.1 Å². The minimum atomic E-state index is 0.305. The molecule has 0 atom stereocenters. The predicted octanol–water partition coefficient (Wildman–Crippen LogP) is 1.88. The average Bonchev–Trinajstić information content (AvgIpc) is 2.38. The second-order valence-electron chi connectivity index (χ2n) is 4.63. The van der Waals surface area contributed by atoms with E-state index in [1.807, 2.05) is 31.2 Å². The van der Waals surface area contributed by atoms with Crippen LogP contribution < -0.4 is 15.4 Å². The summed E-state index contributed by atoms with van der Waals surface area (Å²) in [5.74, 6) is 1.49. The molecule has 1 aliphatic rings. The van der Waals surface area contributed by atoms with Crippen molar-refractivity contribution < 1.29 is 4.74 Å². The maximum Gasteiger partial charge on any atom is 0.227 e. The molecule has 0 radical (unpaired) electrons. The van der Waals surface area contributed by atoms with E-state index in [1.54, 1.807) is 12.4 Å². The summed E-state index contributed by atoms with van der Waals surface area (Å²) >= 11 is 0. The first kappa shape index (κ1) is 11.9. The van der Waals surface area contributed by atoms with Crippen LogP contribution in [-0.4, -0.2) is 29.2 Å². The van der Waals surface area contributed by atoms with Crippen molar-refractivity contribution in [2.24, 2.45) is 0 Å². The molecule has 1 saturated heterocycles. The molecular formula is C14H16N4O. The fraction of sp³-hybridized carbons (Fsp3) is 0.286. The molecule has 5 heteroatoms. The van der Waals surface area contributed by atoms with Gasteiger partial charge in [-0.05, 0) is 36.8 Å². The van der Waals surface area contributed by atoms with E-state index in [0.29, 0.717) is 12.1 Å². The first-order valence-electron chi connectivity index (χ1n) is 6.33. The molecule has 0 spiro atoms. The molecule has 0 unspecified atom stereocenters. The van der Waals surface area contributed by atoms with Crippen LogP contribution in [0.3, 0.4) is 0 Å². The van der Waals surface area contributed by atoms with Crippen LogP contribution in [0.1, 0.15) is 5.56 Å². The molecule has 98 valence electrons. The summed E-state index contributed by atoms with van der Waals surface area (Å²) in [6, 6.07) is 7.83. The maximum atomic E-state index is 5.75. The van der Waals surface area contributed by atoms with E-state index >= 15 is 0 Å². The van der Waals surface area contributed by atoms with E-state index in [0.717, 1.165) is 30.1 Å². The number of anilines is 2. The first-order chi connectivity index (χ1) is 9.29. The standard InChI is InChI=1S/C14H16N4O/c1-10-6-16-14(17-7-10)18-11-2-4-12(5-3-11)19-13-8-15-9-13/h2-7,13,15H,8-9H2,1H3,(H,16,17,18). The van der Waals surface area contributed by atoms with Gasteiger partial charge in [0.15, 0.2) is 0 Å². The van der Waals surface area contributed by atoms with Crippen molar-refractivity contribution >= 4 is 11.6 Å². The first-order valence-corrected chi connectivity index (χ1v) is 6.33. The number of rotatable bonds is 4. The number of hydrogen-bond acceptors (Lipinski definition) is 5. The highest BCUT2D eigenvalue weighted by atomic mass is 16.5. The van der Waals surface area contributed by atoms with Gasteiger partial charge in [-0.2, -0.15) is 0 Å². The van der Waals surface area contributed by atoms with E-state index in [1.165, 1.54) is 0 Å². The summed E-state index contributed by atoms with van der Waals surface area (Å²) in [5.41, 5.74) is 1.99. The Morgan fingerprint density at radius 2 is 1.84 bits per heavy atom. The molecule has 0 saturated carbocycles. The number of aryl methyl sites for hydroxylation is 1. The monoisotopic (exact) mass is 256 g/mol. The molecular weight excluding hydrogens is 240 g/mol. The third-order valence-electron chi connectivity index (χ3n) is 2.94. The molecule has 19 heavy (non-hydrogen) atoms. The van der Waals surface area contributed by atoms with E-state index < -0.39 is 0 Å². The van der Waals surface area contributed by atoms with Crippen LogP contribution >= 0.6 is 0 Å². The number of nitrogens with zero attached hydrogens (tertiary/aromatic N) is 2. The Labute approximate surface area is 112 Å². The molecule has 2 N–H and O–H groups in total. The van der Waals surface area contributed by atoms with Crippen molar-refractivity contribution in [3.63, 3.8) is 0 Å². The van der Waals surface area contributed by atoms with Crippen LogP contribution in [0.15, 0.2) is 36.7 Å². The maximum absolute atomic E-state index is 5.75. The Kier molecular flexibility index (Phi) is 3.29. The van der Waals surface area contributed by atoms with Gasteiger partial charge >= 0.3 is 0 Å². The molecule has 0 amide bonds. The van der Waals surface area contributed by atoms with Crippen LogP contribution in [0.25, 0.3) is 0 Å². The smallest absolute Gasteiger partial charge is 0.227 e. The highest BCUT2D eigenvalue weighted by Crippen LogP contribution is 2.19. The van der Waals surface area contributed by atoms with E-state index in [4.69, 9.17) is 4.74 Å². The van der Waals surface area contributed by atoms with Crippen molar-refractivity contribution in [3.8, 4) is 5.75 Å². The number of ether oxygens (including phenoxy) is 1. The van der Waals surface area contributed by atoms with Gasteiger partial charge in [-0.25, -0.2) is 9.97 Å². The second kappa shape index (κ2) is 5.24. The van der Waals surface area contributed by atoms with Gasteiger partial charge in [-0.3, -0.25) is 0 Å². The van der Waals surface area contributed by atoms with E-state index in [9.17, 15) is 0 Å². The van der Waals surface area contributed by atoms with E-state index in [-0.39, 0.29) is 0 Å². The third kappa shape index (κ3) is 3.00. The Bertz CT molecular complexity index is 534. The third-order valence-corrected chi connectivity index (χ3v) is 2.94. The lowest BCUT2D eigenvalue weighted by Crippen LogP contribution is -2.50. The van der Waals surface area contributed by atoms with Crippen LogP contribution in [0, 0.1) is 6.92 Å². The van der Waals surface area contributed by atoms with Crippen molar-refractivity contribution in [2.75, 3.05) is 18.4 Å². The van der Waals surface area contributed by atoms with Gasteiger partial charge in [0.1, 0.15) is 11.9 Å². The molecule has 0 bridgehead atoms. The summed E-state index contributed by atoms with van der Waals surface area (Å²) in [4.78, 5) is 8.41. The molecule has 1 aromatic heterocycles. The van der Waals surface area contributed by atoms with Crippen molar-refractivity contribution in [1.82, 2.24) is 15.3 Å². The van der Waals surface area contributed by atoms with Gasteiger partial charge in [-0.15, -0.1) is 0 Å². The lowest BCUT2D eigenvalue weighted by molar-refractivity contribution is 0.142. The summed E-state index contributed by atoms with van der Waals surface area (Å²) in [5, 5.41) is 6.33. The molecule has 1 aliphatic heterocycles. The molecule has 2 heterocycles. The average molecular weight is 256 g/mol.